The first-order valence-corrected chi connectivity index (χ1v) is 7.38. The third-order valence-corrected chi connectivity index (χ3v) is 4.37. The van der Waals surface area contributed by atoms with Crippen molar-refractivity contribution < 1.29 is 19.5 Å². The molecule has 0 aromatic carbocycles. The summed E-state index contributed by atoms with van der Waals surface area (Å²) in [4.78, 5) is 18.0. The van der Waals surface area contributed by atoms with Gasteiger partial charge in [-0.1, -0.05) is 45.9 Å². The number of hydrogen-bond acceptors (Lipinski definition) is 2. The van der Waals surface area contributed by atoms with Crippen molar-refractivity contribution in [1.82, 2.24) is 0 Å². The maximum Gasteiger partial charge on any atom is 0.329 e. The van der Waals surface area contributed by atoms with Gasteiger partial charge in [-0.3, -0.25) is 4.57 Å². The van der Waals surface area contributed by atoms with Crippen LogP contribution in [0.3, 0.4) is 0 Å². The molecule has 0 spiro atoms. The van der Waals surface area contributed by atoms with Gasteiger partial charge < -0.3 is 14.9 Å². The number of aliphatic hydroxyl groups is 1. The van der Waals surface area contributed by atoms with Crippen LogP contribution in [-0.4, -0.2) is 27.2 Å². The van der Waals surface area contributed by atoms with E-state index in [1.807, 2.05) is 27.7 Å². The minimum absolute atomic E-state index is 0.197. The molecular formula is C12H21O4P. The summed E-state index contributed by atoms with van der Waals surface area (Å²) in [7, 11) is -4.06. The molecule has 2 atom stereocenters. The van der Waals surface area contributed by atoms with E-state index < -0.39 is 19.1 Å². The fourth-order valence-corrected chi connectivity index (χ4v) is 2.60. The molecule has 1 aliphatic carbocycles. The molecule has 0 fully saturated rings. The van der Waals surface area contributed by atoms with Crippen LogP contribution in [0.5, 0.6) is 0 Å². The molecule has 1 aliphatic rings. The molecule has 2 unspecified atom stereocenters. The first-order chi connectivity index (χ1) is 7.46. The van der Waals surface area contributed by atoms with Gasteiger partial charge in [-0.2, -0.15) is 0 Å². The van der Waals surface area contributed by atoms with Gasteiger partial charge in [-0.05, 0) is 11.0 Å². The van der Waals surface area contributed by atoms with E-state index in [0.29, 0.717) is 5.57 Å². The van der Waals surface area contributed by atoms with Gasteiger partial charge in [-0.25, -0.2) is 0 Å². The summed E-state index contributed by atoms with van der Waals surface area (Å²) in [6, 6.07) is 0. The first-order valence-electron chi connectivity index (χ1n) is 5.58. The van der Waals surface area contributed by atoms with Gasteiger partial charge >= 0.3 is 7.60 Å². The second-order valence-corrected chi connectivity index (χ2v) is 7.52. The van der Waals surface area contributed by atoms with Crippen LogP contribution >= 0.6 is 7.60 Å². The Bertz CT molecular complexity index is 399. The van der Waals surface area contributed by atoms with E-state index in [1.54, 1.807) is 18.2 Å². The van der Waals surface area contributed by atoms with Crippen molar-refractivity contribution in [2.75, 3.05) is 6.16 Å². The zero-order valence-electron chi connectivity index (χ0n) is 10.7. The molecule has 0 bridgehead atoms. The molecule has 98 valence electrons. The highest BCUT2D eigenvalue weighted by Gasteiger charge is 2.42. The molecule has 17 heavy (non-hydrogen) atoms. The molecule has 0 amide bonds. The Morgan fingerprint density at radius 2 is 1.94 bits per heavy atom. The Morgan fingerprint density at radius 3 is 2.35 bits per heavy atom. The summed E-state index contributed by atoms with van der Waals surface area (Å²) in [6.45, 7) is 7.91. The maximum absolute atomic E-state index is 11.0. The summed E-state index contributed by atoms with van der Waals surface area (Å²) in [5.74, 6) is 0. The zero-order valence-corrected chi connectivity index (χ0v) is 11.6. The van der Waals surface area contributed by atoms with E-state index in [9.17, 15) is 9.67 Å². The third-order valence-electron chi connectivity index (χ3n) is 3.60. The summed E-state index contributed by atoms with van der Waals surface area (Å²) >= 11 is 0. The van der Waals surface area contributed by atoms with E-state index in [1.165, 1.54) is 0 Å². The summed E-state index contributed by atoms with van der Waals surface area (Å²) in [6.07, 6.45) is 4.08. The highest BCUT2D eigenvalue weighted by molar-refractivity contribution is 7.52. The van der Waals surface area contributed by atoms with Crippen LogP contribution in [-0.2, 0) is 4.57 Å². The highest BCUT2D eigenvalue weighted by atomic mass is 31.2. The van der Waals surface area contributed by atoms with Gasteiger partial charge in [-0.15, -0.1) is 0 Å². The van der Waals surface area contributed by atoms with Gasteiger partial charge in [0.25, 0.3) is 0 Å². The summed E-state index contributed by atoms with van der Waals surface area (Å²) in [5.41, 5.74) is -0.134. The normalized spacial score (nSPS) is 30.3. The van der Waals surface area contributed by atoms with Crippen molar-refractivity contribution in [3.05, 3.63) is 23.8 Å². The summed E-state index contributed by atoms with van der Waals surface area (Å²) < 4.78 is 11.0. The largest absolute Gasteiger partial charge is 0.388 e. The molecule has 4 nitrogen and oxygen atoms in total. The SMILES string of the molecule is CC(C)(C)C1(C)C=C(CP(=O)(O)O)C=CC1O. The Morgan fingerprint density at radius 1 is 1.41 bits per heavy atom. The number of rotatable bonds is 2. The second kappa shape index (κ2) is 4.36. The lowest BCUT2D eigenvalue weighted by atomic mass is 9.62. The fraction of sp³-hybridized carbons (Fsp3) is 0.667. The predicted molar refractivity (Wildman–Crippen MR) is 67.7 cm³/mol. The molecule has 0 aliphatic heterocycles. The molecule has 0 radical (unpaired) electrons. The maximum atomic E-state index is 11.0. The van der Waals surface area contributed by atoms with E-state index in [0.717, 1.165) is 0 Å². The van der Waals surface area contributed by atoms with Crippen LogP contribution in [0.15, 0.2) is 23.8 Å². The Balaban J connectivity index is 3.09. The molecule has 0 aromatic rings. The lowest BCUT2D eigenvalue weighted by Gasteiger charge is -2.44. The zero-order chi connectivity index (χ0) is 13.5. The number of hydrogen-bond donors (Lipinski definition) is 3. The van der Waals surface area contributed by atoms with Gasteiger partial charge in [0, 0.05) is 5.41 Å². The van der Waals surface area contributed by atoms with E-state index in [-0.39, 0.29) is 11.6 Å². The quantitative estimate of drug-likeness (QED) is 0.664. The second-order valence-electron chi connectivity index (χ2n) is 5.88. The van der Waals surface area contributed by atoms with Crippen molar-refractivity contribution >= 4 is 7.60 Å². The number of aliphatic hydroxyl groups excluding tert-OH is 1. The van der Waals surface area contributed by atoms with Crippen LogP contribution in [0.25, 0.3) is 0 Å². The molecule has 0 heterocycles. The molecule has 0 saturated carbocycles. The first kappa shape index (κ1) is 14.7. The van der Waals surface area contributed by atoms with Crippen molar-refractivity contribution in [1.29, 1.82) is 0 Å². The third kappa shape index (κ3) is 3.29. The summed E-state index contributed by atoms with van der Waals surface area (Å²) in [5, 5.41) is 10.1. The molecule has 0 aromatic heterocycles. The Hall–Kier alpha value is -0.410. The topological polar surface area (TPSA) is 77.8 Å². The van der Waals surface area contributed by atoms with Crippen LogP contribution in [0, 0.1) is 10.8 Å². The van der Waals surface area contributed by atoms with Gasteiger partial charge in [0.2, 0.25) is 0 Å². The standard InChI is InChI=1S/C12H21O4P/c1-11(2,3)12(4)7-9(5-6-10(12)13)8-17(14,15)16/h5-7,10,13H,8H2,1-4H3,(H2,14,15,16). The molecule has 3 N–H and O–H groups in total. The Kier molecular flexibility index (Phi) is 3.76. The molecule has 5 heteroatoms. The van der Waals surface area contributed by atoms with E-state index in [4.69, 9.17) is 9.79 Å². The average molecular weight is 260 g/mol. The van der Waals surface area contributed by atoms with Gasteiger partial charge in [0.15, 0.2) is 0 Å². The highest BCUT2D eigenvalue weighted by Crippen LogP contribution is 2.47. The number of allylic oxidation sites excluding steroid dienone is 2. The molecule has 1 rings (SSSR count). The monoisotopic (exact) mass is 260 g/mol. The van der Waals surface area contributed by atoms with Gasteiger partial charge in [0.05, 0.1) is 12.3 Å². The minimum atomic E-state index is -4.06. The lowest BCUT2D eigenvalue weighted by Crippen LogP contribution is -2.42. The van der Waals surface area contributed by atoms with Gasteiger partial charge in [0.1, 0.15) is 0 Å². The van der Waals surface area contributed by atoms with Crippen LogP contribution < -0.4 is 0 Å². The lowest BCUT2D eigenvalue weighted by molar-refractivity contribution is 0.0245. The van der Waals surface area contributed by atoms with Crippen molar-refractivity contribution in [2.24, 2.45) is 10.8 Å². The van der Waals surface area contributed by atoms with Crippen LogP contribution in [0.4, 0.5) is 0 Å². The van der Waals surface area contributed by atoms with Crippen molar-refractivity contribution in [3.63, 3.8) is 0 Å². The minimum Gasteiger partial charge on any atom is -0.388 e. The van der Waals surface area contributed by atoms with Crippen molar-refractivity contribution in [2.45, 2.75) is 33.8 Å². The average Bonchev–Trinajstić information content (AvgIpc) is 2.07. The van der Waals surface area contributed by atoms with Crippen LogP contribution in [0.2, 0.25) is 0 Å². The predicted octanol–water partition coefficient (Wildman–Crippen LogP) is 2.07. The van der Waals surface area contributed by atoms with Crippen LogP contribution in [0.1, 0.15) is 27.7 Å². The smallest absolute Gasteiger partial charge is 0.329 e. The van der Waals surface area contributed by atoms with Crippen molar-refractivity contribution in [3.8, 4) is 0 Å². The molecular weight excluding hydrogens is 239 g/mol. The molecule has 0 saturated heterocycles. The van der Waals surface area contributed by atoms with E-state index >= 15 is 0 Å². The van der Waals surface area contributed by atoms with E-state index in [2.05, 4.69) is 0 Å². The fourth-order valence-electron chi connectivity index (χ4n) is 1.93. The Labute approximate surface area is 102 Å².